The molecule has 0 fully saturated rings. The van der Waals surface area contributed by atoms with Gasteiger partial charge in [-0.2, -0.15) is 0 Å². The van der Waals surface area contributed by atoms with E-state index in [1.54, 1.807) is 6.07 Å². The smallest absolute Gasteiger partial charge is 0.207 e. The monoisotopic (exact) mass is 260 g/mol. The van der Waals surface area contributed by atoms with Gasteiger partial charge in [-0.05, 0) is 11.6 Å². The Labute approximate surface area is 112 Å². The highest BCUT2D eigenvalue weighted by molar-refractivity contribution is 5.79. The van der Waals surface area contributed by atoms with Crippen LogP contribution in [0.2, 0.25) is 0 Å². The van der Waals surface area contributed by atoms with Crippen LogP contribution in [0.15, 0.2) is 36.4 Å². The van der Waals surface area contributed by atoms with E-state index in [9.17, 15) is 5.11 Å². The Kier molecular flexibility index (Phi) is 3.80. The molecule has 0 aliphatic heterocycles. The number of benzene rings is 2. The normalized spacial score (nSPS) is 10.1. The van der Waals surface area contributed by atoms with E-state index in [2.05, 4.69) is 0 Å². The molecule has 2 aromatic rings. The van der Waals surface area contributed by atoms with Crippen molar-refractivity contribution >= 4 is 0 Å². The fourth-order valence-electron chi connectivity index (χ4n) is 1.99. The number of ether oxygens (including phenoxy) is 3. The summed E-state index contributed by atoms with van der Waals surface area (Å²) >= 11 is 0. The summed E-state index contributed by atoms with van der Waals surface area (Å²) in [5.74, 6) is 1.02. The molecule has 0 radical (unpaired) electrons. The standard InChI is InChI=1S/C15H16O4/c1-17-12-9-11(10-7-5-4-6-8-10)14(18-2)15(19-3)13(12)16/h4-9,16H,1-3H3. The lowest BCUT2D eigenvalue weighted by Crippen LogP contribution is -1.96. The van der Waals surface area contributed by atoms with Crippen molar-refractivity contribution in [3.8, 4) is 34.1 Å². The van der Waals surface area contributed by atoms with Gasteiger partial charge in [0.15, 0.2) is 11.5 Å². The van der Waals surface area contributed by atoms with Gasteiger partial charge in [0.05, 0.1) is 21.3 Å². The third kappa shape index (κ3) is 2.29. The van der Waals surface area contributed by atoms with Crippen molar-refractivity contribution in [3.05, 3.63) is 36.4 Å². The van der Waals surface area contributed by atoms with E-state index in [1.807, 2.05) is 30.3 Å². The Morgan fingerprint density at radius 2 is 1.47 bits per heavy atom. The highest BCUT2D eigenvalue weighted by atomic mass is 16.5. The lowest BCUT2D eigenvalue weighted by molar-refractivity contribution is 0.317. The summed E-state index contributed by atoms with van der Waals surface area (Å²) in [6, 6.07) is 11.4. The highest BCUT2D eigenvalue weighted by Gasteiger charge is 2.20. The maximum atomic E-state index is 10.0. The average Bonchev–Trinajstić information content (AvgIpc) is 2.47. The Bertz CT molecular complexity index is 564. The van der Waals surface area contributed by atoms with E-state index < -0.39 is 0 Å². The van der Waals surface area contributed by atoms with Crippen molar-refractivity contribution < 1.29 is 19.3 Å². The summed E-state index contributed by atoms with van der Waals surface area (Å²) in [5, 5.41) is 10.0. The predicted octanol–water partition coefficient (Wildman–Crippen LogP) is 3.09. The van der Waals surface area contributed by atoms with E-state index in [4.69, 9.17) is 14.2 Å². The molecule has 2 rings (SSSR count). The number of hydrogen-bond acceptors (Lipinski definition) is 4. The van der Waals surface area contributed by atoms with Crippen LogP contribution in [-0.2, 0) is 0 Å². The van der Waals surface area contributed by atoms with Crippen LogP contribution < -0.4 is 14.2 Å². The molecule has 4 heteroatoms. The molecular weight excluding hydrogens is 244 g/mol. The topological polar surface area (TPSA) is 47.9 Å². The second-order valence-corrected chi connectivity index (χ2v) is 3.91. The van der Waals surface area contributed by atoms with Crippen molar-refractivity contribution in [1.29, 1.82) is 0 Å². The number of hydrogen-bond donors (Lipinski definition) is 1. The maximum Gasteiger partial charge on any atom is 0.207 e. The molecule has 1 N–H and O–H groups in total. The van der Waals surface area contributed by atoms with Crippen molar-refractivity contribution in [2.75, 3.05) is 21.3 Å². The zero-order chi connectivity index (χ0) is 13.8. The van der Waals surface area contributed by atoms with E-state index in [1.165, 1.54) is 21.3 Å². The van der Waals surface area contributed by atoms with Gasteiger partial charge < -0.3 is 19.3 Å². The molecule has 0 aliphatic carbocycles. The van der Waals surface area contributed by atoms with Gasteiger partial charge in [0, 0.05) is 5.56 Å². The molecule has 0 saturated heterocycles. The van der Waals surface area contributed by atoms with Crippen LogP contribution in [0.3, 0.4) is 0 Å². The van der Waals surface area contributed by atoms with Crippen LogP contribution in [0.25, 0.3) is 11.1 Å². The largest absolute Gasteiger partial charge is 0.502 e. The Morgan fingerprint density at radius 1 is 0.842 bits per heavy atom. The van der Waals surface area contributed by atoms with E-state index >= 15 is 0 Å². The summed E-state index contributed by atoms with van der Waals surface area (Å²) in [7, 11) is 4.51. The number of rotatable bonds is 4. The summed E-state index contributed by atoms with van der Waals surface area (Å²) in [5.41, 5.74) is 1.76. The first-order valence-electron chi connectivity index (χ1n) is 5.80. The molecule has 0 bridgehead atoms. The number of phenolic OH excluding ortho intramolecular Hbond substituents is 1. The van der Waals surface area contributed by atoms with E-state index in [0.29, 0.717) is 11.5 Å². The molecule has 0 spiro atoms. The Morgan fingerprint density at radius 3 is 2.00 bits per heavy atom. The number of aromatic hydroxyl groups is 1. The first-order chi connectivity index (χ1) is 9.22. The van der Waals surface area contributed by atoms with Gasteiger partial charge in [-0.25, -0.2) is 0 Å². The molecule has 100 valence electrons. The second kappa shape index (κ2) is 5.52. The summed E-state index contributed by atoms with van der Waals surface area (Å²) in [6.45, 7) is 0. The summed E-state index contributed by atoms with van der Waals surface area (Å²) < 4.78 is 15.7. The third-order valence-electron chi connectivity index (χ3n) is 2.89. The van der Waals surface area contributed by atoms with Crippen LogP contribution >= 0.6 is 0 Å². The summed E-state index contributed by atoms with van der Waals surface area (Å²) in [4.78, 5) is 0. The zero-order valence-electron chi connectivity index (χ0n) is 11.1. The van der Waals surface area contributed by atoms with Gasteiger partial charge in [-0.1, -0.05) is 30.3 Å². The molecule has 0 saturated carbocycles. The van der Waals surface area contributed by atoms with Crippen LogP contribution in [-0.4, -0.2) is 26.4 Å². The van der Waals surface area contributed by atoms with Crippen molar-refractivity contribution in [1.82, 2.24) is 0 Å². The molecule has 0 atom stereocenters. The molecule has 0 aromatic heterocycles. The second-order valence-electron chi connectivity index (χ2n) is 3.91. The SMILES string of the molecule is COc1cc(-c2ccccc2)c(OC)c(OC)c1O. The van der Waals surface area contributed by atoms with Gasteiger partial charge in [0.1, 0.15) is 0 Å². The Balaban J connectivity index is 2.72. The number of methoxy groups -OCH3 is 3. The van der Waals surface area contributed by atoms with Gasteiger partial charge in [-0.15, -0.1) is 0 Å². The molecular formula is C15H16O4. The number of phenols is 1. The molecule has 2 aromatic carbocycles. The van der Waals surface area contributed by atoms with Gasteiger partial charge in [0.2, 0.25) is 11.5 Å². The van der Waals surface area contributed by atoms with Crippen LogP contribution in [0.5, 0.6) is 23.0 Å². The van der Waals surface area contributed by atoms with Crippen molar-refractivity contribution in [3.63, 3.8) is 0 Å². The fourth-order valence-corrected chi connectivity index (χ4v) is 1.99. The molecule has 4 nitrogen and oxygen atoms in total. The molecule has 0 heterocycles. The van der Waals surface area contributed by atoms with Gasteiger partial charge in [-0.3, -0.25) is 0 Å². The predicted molar refractivity (Wildman–Crippen MR) is 73.2 cm³/mol. The van der Waals surface area contributed by atoms with E-state index in [0.717, 1.165) is 11.1 Å². The van der Waals surface area contributed by atoms with Crippen LogP contribution in [0.1, 0.15) is 0 Å². The minimum absolute atomic E-state index is 0.0680. The highest BCUT2D eigenvalue weighted by Crippen LogP contribution is 2.49. The molecule has 0 amide bonds. The third-order valence-corrected chi connectivity index (χ3v) is 2.89. The quantitative estimate of drug-likeness (QED) is 0.917. The maximum absolute atomic E-state index is 10.0. The zero-order valence-corrected chi connectivity index (χ0v) is 11.1. The average molecular weight is 260 g/mol. The minimum Gasteiger partial charge on any atom is -0.502 e. The summed E-state index contributed by atoms with van der Waals surface area (Å²) in [6.07, 6.45) is 0. The van der Waals surface area contributed by atoms with Gasteiger partial charge in [0.25, 0.3) is 0 Å². The van der Waals surface area contributed by atoms with Crippen molar-refractivity contribution in [2.45, 2.75) is 0 Å². The first kappa shape index (κ1) is 13.1. The Hall–Kier alpha value is -2.36. The van der Waals surface area contributed by atoms with Crippen LogP contribution in [0, 0.1) is 0 Å². The minimum atomic E-state index is -0.0680. The molecule has 0 unspecified atom stereocenters. The van der Waals surface area contributed by atoms with Crippen molar-refractivity contribution in [2.24, 2.45) is 0 Å². The fraction of sp³-hybridized carbons (Fsp3) is 0.200. The molecule has 0 aliphatic rings. The first-order valence-corrected chi connectivity index (χ1v) is 5.80. The van der Waals surface area contributed by atoms with E-state index in [-0.39, 0.29) is 11.5 Å². The van der Waals surface area contributed by atoms with Crippen LogP contribution in [0.4, 0.5) is 0 Å². The lowest BCUT2D eigenvalue weighted by atomic mass is 10.0. The molecule has 19 heavy (non-hydrogen) atoms. The van der Waals surface area contributed by atoms with Gasteiger partial charge >= 0.3 is 0 Å². The lowest BCUT2D eigenvalue weighted by Gasteiger charge is -2.16.